The van der Waals surface area contributed by atoms with Crippen LogP contribution in [0.25, 0.3) is 0 Å². The predicted octanol–water partition coefficient (Wildman–Crippen LogP) is 1.73. The van der Waals surface area contributed by atoms with Gasteiger partial charge in [-0.1, -0.05) is 11.6 Å². The van der Waals surface area contributed by atoms with E-state index in [2.05, 4.69) is 5.32 Å². The number of hydrogen-bond donors (Lipinski definition) is 1. The fraction of sp³-hybridized carbons (Fsp3) is 0.571. The van der Waals surface area contributed by atoms with E-state index in [1.807, 2.05) is 7.05 Å². The van der Waals surface area contributed by atoms with Crippen molar-refractivity contribution in [2.75, 3.05) is 34.4 Å². The SMILES string of the molecule is CNC1CCCN(S(=O)(=O)c2cc(OC)c(OC)cc2Cl)C1. The first-order chi connectivity index (χ1) is 10.4. The molecule has 1 unspecified atom stereocenters. The van der Waals surface area contributed by atoms with Crippen molar-refractivity contribution >= 4 is 21.6 Å². The van der Waals surface area contributed by atoms with E-state index < -0.39 is 10.0 Å². The molecule has 1 aliphatic heterocycles. The minimum absolute atomic E-state index is 0.0450. The number of piperidine rings is 1. The summed E-state index contributed by atoms with van der Waals surface area (Å²) in [6.45, 7) is 0.925. The molecule has 1 saturated heterocycles. The highest BCUT2D eigenvalue weighted by molar-refractivity contribution is 7.89. The molecule has 0 saturated carbocycles. The molecule has 124 valence electrons. The third-order valence-corrected chi connectivity index (χ3v) is 6.18. The lowest BCUT2D eigenvalue weighted by Gasteiger charge is -2.32. The molecule has 2 rings (SSSR count). The van der Waals surface area contributed by atoms with E-state index in [0.717, 1.165) is 12.8 Å². The summed E-state index contributed by atoms with van der Waals surface area (Å²) in [7, 11) is 1.11. The number of benzene rings is 1. The van der Waals surface area contributed by atoms with Gasteiger partial charge in [0.2, 0.25) is 10.0 Å². The number of sulfonamides is 1. The molecule has 6 nitrogen and oxygen atoms in total. The van der Waals surface area contributed by atoms with E-state index in [-0.39, 0.29) is 16.0 Å². The van der Waals surface area contributed by atoms with Gasteiger partial charge in [-0.2, -0.15) is 4.31 Å². The van der Waals surface area contributed by atoms with Crippen molar-refractivity contribution in [1.29, 1.82) is 0 Å². The van der Waals surface area contributed by atoms with Crippen molar-refractivity contribution in [2.24, 2.45) is 0 Å². The number of ether oxygens (including phenoxy) is 2. The second-order valence-electron chi connectivity index (χ2n) is 5.13. The summed E-state index contributed by atoms with van der Waals surface area (Å²) in [5, 5.41) is 3.26. The normalized spacial score (nSPS) is 19.9. The molecule has 0 amide bonds. The molecule has 1 aliphatic rings. The molecular formula is C14H21ClN2O4S. The Kier molecular flexibility index (Phi) is 5.55. The first-order valence-corrected chi connectivity index (χ1v) is 8.84. The van der Waals surface area contributed by atoms with Crippen molar-refractivity contribution < 1.29 is 17.9 Å². The lowest BCUT2D eigenvalue weighted by atomic mass is 10.1. The van der Waals surface area contributed by atoms with Crippen LogP contribution in [0.5, 0.6) is 11.5 Å². The van der Waals surface area contributed by atoms with E-state index in [1.165, 1.54) is 30.7 Å². The molecule has 1 atom stereocenters. The Morgan fingerprint density at radius 2 is 1.91 bits per heavy atom. The number of nitrogens with one attached hydrogen (secondary N) is 1. The van der Waals surface area contributed by atoms with Gasteiger partial charge in [0.15, 0.2) is 11.5 Å². The molecule has 1 fully saturated rings. The zero-order valence-electron chi connectivity index (χ0n) is 12.9. The molecular weight excluding hydrogens is 328 g/mol. The summed E-state index contributed by atoms with van der Waals surface area (Å²) >= 11 is 6.15. The molecule has 1 aromatic carbocycles. The number of halogens is 1. The third-order valence-electron chi connectivity index (χ3n) is 3.85. The molecule has 1 aromatic rings. The second-order valence-corrected chi connectivity index (χ2v) is 7.44. The van der Waals surface area contributed by atoms with Gasteiger partial charge in [0, 0.05) is 31.3 Å². The van der Waals surface area contributed by atoms with Crippen LogP contribution in [0, 0.1) is 0 Å². The summed E-state index contributed by atoms with van der Waals surface area (Å²) < 4.78 is 37.5. The monoisotopic (exact) mass is 348 g/mol. The molecule has 0 radical (unpaired) electrons. The minimum Gasteiger partial charge on any atom is -0.493 e. The van der Waals surface area contributed by atoms with Gasteiger partial charge in [0.1, 0.15) is 4.90 Å². The smallest absolute Gasteiger partial charge is 0.244 e. The second kappa shape index (κ2) is 7.04. The average Bonchev–Trinajstić information content (AvgIpc) is 2.54. The number of rotatable bonds is 5. The Morgan fingerprint density at radius 1 is 1.27 bits per heavy atom. The van der Waals surface area contributed by atoms with Crippen LogP contribution in [0.3, 0.4) is 0 Å². The van der Waals surface area contributed by atoms with E-state index in [0.29, 0.717) is 24.6 Å². The van der Waals surface area contributed by atoms with Crippen LogP contribution < -0.4 is 14.8 Å². The minimum atomic E-state index is -3.67. The van der Waals surface area contributed by atoms with E-state index in [1.54, 1.807) is 0 Å². The highest BCUT2D eigenvalue weighted by atomic mass is 35.5. The summed E-state index contributed by atoms with van der Waals surface area (Å²) in [4.78, 5) is 0.0450. The van der Waals surface area contributed by atoms with Gasteiger partial charge in [0.25, 0.3) is 0 Å². The average molecular weight is 349 g/mol. The lowest BCUT2D eigenvalue weighted by Crippen LogP contribution is -2.46. The maximum atomic E-state index is 12.9. The Balaban J connectivity index is 2.40. The van der Waals surface area contributed by atoms with Gasteiger partial charge >= 0.3 is 0 Å². The Bertz CT molecular complexity index is 636. The summed E-state index contributed by atoms with van der Waals surface area (Å²) in [5.74, 6) is 0.742. The van der Waals surface area contributed by atoms with Crippen LogP contribution in [-0.2, 0) is 10.0 Å². The summed E-state index contributed by atoms with van der Waals surface area (Å²) in [5.41, 5.74) is 0. The quantitative estimate of drug-likeness (QED) is 0.877. The van der Waals surface area contributed by atoms with Crippen LogP contribution in [0.2, 0.25) is 5.02 Å². The summed E-state index contributed by atoms with van der Waals surface area (Å²) in [6.07, 6.45) is 1.78. The molecule has 1 N–H and O–H groups in total. The largest absolute Gasteiger partial charge is 0.493 e. The van der Waals surface area contributed by atoms with Crippen molar-refractivity contribution in [3.8, 4) is 11.5 Å². The maximum Gasteiger partial charge on any atom is 0.244 e. The highest BCUT2D eigenvalue weighted by Gasteiger charge is 2.32. The van der Waals surface area contributed by atoms with Gasteiger partial charge in [0.05, 0.1) is 19.2 Å². The molecule has 0 aliphatic carbocycles. The first-order valence-electron chi connectivity index (χ1n) is 7.03. The Hall–Kier alpha value is -1.02. The fourth-order valence-electron chi connectivity index (χ4n) is 2.57. The van der Waals surface area contributed by atoms with Crippen molar-refractivity contribution in [2.45, 2.75) is 23.8 Å². The van der Waals surface area contributed by atoms with Crippen LogP contribution in [0.4, 0.5) is 0 Å². The number of methoxy groups -OCH3 is 2. The van der Waals surface area contributed by atoms with E-state index in [4.69, 9.17) is 21.1 Å². The number of hydrogen-bond acceptors (Lipinski definition) is 5. The van der Waals surface area contributed by atoms with E-state index in [9.17, 15) is 8.42 Å². The van der Waals surface area contributed by atoms with Crippen LogP contribution in [0.15, 0.2) is 17.0 Å². The molecule has 0 spiro atoms. The fourth-order valence-corrected chi connectivity index (χ4v) is 4.60. The number of nitrogens with zero attached hydrogens (tertiary/aromatic N) is 1. The molecule has 0 bridgehead atoms. The zero-order chi connectivity index (χ0) is 16.3. The molecule has 1 heterocycles. The Labute approximate surface area is 136 Å². The van der Waals surface area contributed by atoms with Crippen molar-refractivity contribution in [3.63, 3.8) is 0 Å². The van der Waals surface area contributed by atoms with Crippen LogP contribution >= 0.6 is 11.6 Å². The van der Waals surface area contributed by atoms with E-state index >= 15 is 0 Å². The zero-order valence-corrected chi connectivity index (χ0v) is 14.5. The van der Waals surface area contributed by atoms with Gasteiger partial charge in [-0.25, -0.2) is 8.42 Å². The Morgan fingerprint density at radius 3 is 2.50 bits per heavy atom. The first kappa shape index (κ1) is 17.3. The summed E-state index contributed by atoms with van der Waals surface area (Å²) in [6, 6.07) is 3.04. The topological polar surface area (TPSA) is 67.9 Å². The lowest BCUT2D eigenvalue weighted by molar-refractivity contribution is 0.292. The highest BCUT2D eigenvalue weighted by Crippen LogP contribution is 2.36. The molecule has 8 heteroatoms. The predicted molar refractivity (Wildman–Crippen MR) is 85.4 cm³/mol. The number of likely N-dealkylation sites (N-methyl/N-ethyl adjacent to an activating group) is 1. The van der Waals surface area contributed by atoms with Gasteiger partial charge < -0.3 is 14.8 Å². The van der Waals surface area contributed by atoms with Gasteiger partial charge in [-0.15, -0.1) is 0 Å². The van der Waals surface area contributed by atoms with Crippen LogP contribution in [0.1, 0.15) is 12.8 Å². The van der Waals surface area contributed by atoms with Crippen molar-refractivity contribution in [3.05, 3.63) is 17.2 Å². The maximum absolute atomic E-state index is 12.9. The third kappa shape index (κ3) is 3.32. The molecule has 0 aromatic heterocycles. The standard InChI is InChI=1S/C14H21ClN2O4S/c1-16-10-5-4-6-17(9-10)22(18,19)14-8-13(21-3)12(20-2)7-11(14)15/h7-8,10,16H,4-6,9H2,1-3H3. The molecule has 22 heavy (non-hydrogen) atoms. The van der Waals surface area contributed by atoms with Crippen LogP contribution in [-0.4, -0.2) is 53.1 Å². The van der Waals surface area contributed by atoms with Crippen molar-refractivity contribution in [1.82, 2.24) is 9.62 Å². The van der Waals surface area contributed by atoms with Gasteiger partial charge in [-0.05, 0) is 19.9 Å². The van der Waals surface area contributed by atoms with Gasteiger partial charge in [-0.3, -0.25) is 0 Å².